The van der Waals surface area contributed by atoms with Crippen molar-refractivity contribution in [1.29, 1.82) is 0 Å². The first kappa shape index (κ1) is 15.5. The Bertz CT molecular complexity index is 715. The lowest BCUT2D eigenvalue weighted by molar-refractivity contribution is -0.00224. The highest BCUT2D eigenvalue weighted by molar-refractivity contribution is 5.59. The molecule has 0 amide bonds. The fourth-order valence-electron chi connectivity index (χ4n) is 3.35. The van der Waals surface area contributed by atoms with Crippen LogP contribution in [0.15, 0.2) is 24.5 Å². The fraction of sp³-hybridized carbons (Fsp3) is 0.526. The van der Waals surface area contributed by atoms with E-state index >= 15 is 0 Å². The van der Waals surface area contributed by atoms with E-state index in [0.29, 0.717) is 12.1 Å². The molecule has 2 fully saturated rings. The molecule has 2 aromatic rings. The fourth-order valence-corrected chi connectivity index (χ4v) is 3.35. The Hall–Kier alpha value is -2.01. The molecule has 3 heterocycles. The van der Waals surface area contributed by atoms with Crippen molar-refractivity contribution in [2.75, 3.05) is 11.9 Å². The molecule has 4 rings (SSSR count). The number of nitrogens with zero attached hydrogens (tertiary/aromatic N) is 3. The van der Waals surface area contributed by atoms with Gasteiger partial charge in [0.25, 0.3) is 0 Å². The molecule has 0 radical (unpaired) electrons. The van der Waals surface area contributed by atoms with Crippen molar-refractivity contribution in [3.63, 3.8) is 0 Å². The lowest BCUT2D eigenvalue weighted by Crippen LogP contribution is -2.35. The van der Waals surface area contributed by atoms with E-state index in [-0.39, 0.29) is 0 Å². The average Bonchev–Trinajstić information content (AvgIpc) is 3.45. The van der Waals surface area contributed by atoms with Crippen molar-refractivity contribution in [1.82, 2.24) is 15.0 Å². The SMILES string of the molecule is Cc1nc(-c2ccncc2)nc(NC2CCOC(C3CC3)C2)c1C. The lowest BCUT2D eigenvalue weighted by Gasteiger charge is -2.31. The molecule has 1 saturated carbocycles. The van der Waals surface area contributed by atoms with Gasteiger partial charge in [0, 0.05) is 41.9 Å². The molecule has 24 heavy (non-hydrogen) atoms. The molecular weight excluding hydrogens is 300 g/mol. The van der Waals surface area contributed by atoms with E-state index in [2.05, 4.69) is 22.2 Å². The van der Waals surface area contributed by atoms with Crippen LogP contribution in [0.4, 0.5) is 5.82 Å². The van der Waals surface area contributed by atoms with Gasteiger partial charge in [-0.2, -0.15) is 0 Å². The summed E-state index contributed by atoms with van der Waals surface area (Å²) in [5.74, 6) is 2.50. The predicted molar refractivity (Wildman–Crippen MR) is 93.8 cm³/mol. The van der Waals surface area contributed by atoms with E-state index in [4.69, 9.17) is 9.72 Å². The van der Waals surface area contributed by atoms with Crippen LogP contribution < -0.4 is 5.32 Å². The lowest BCUT2D eigenvalue weighted by atomic mass is 10.00. The predicted octanol–water partition coefficient (Wildman–Crippen LogP) is 3.52. The monoisotopic (exact) mass is 324 g/mol. The number of anilines is 1. The second kappa shape index (κ2) is 6.48. The molecule has 1 saturated heterocycles. The maximum absolute atomic E-state index is 5.94. The first-order valence-corrected chi connectivity index (χ1v) is 8.84. The summed E-state index contributed by atoms with van der Waals surface area (Å²) in [6, 6.07) is 4.33. The number of aromatic nitrogens is 3. The Morgan fingerprint density at radius 3 is 2.62 bits per heavy atom. The minimum atomic E-state index is 0.430. The topological polar surface area (TPSA) is 59.9 Å². The molecule has 5 heteroatoms. The minimum absolute atomic E-state index is 0.430. The van der Waals surface area contributed by atoms with Crippen molar-refractivity contribution in [2.24, 2.45) is 5.92 Å². The van der Waals surface area contributed by atoms with E-state index in [0.717, 1.165) is 53.8 Å². The van der Waals surface area contributed by atoms with Gasteiger partial charge in [-0.3, -0.25) is 4.98 Å². The van der Waals surface area contributed by atoms with Gasteiger partial charge in [-0.1, -0.05) is 0 Å². The Morgan fingerprint density at radius 1 is 1.08 bits per heavy atom. The Morgan fingerprint density at radius 2 is 1.88 bits per heavy atom. The smallest absolute Gasteiger partial charge is 0.161 e. The van der Waals surface area contributed by atoms with Gasteiger partial charge in [0.2, 0.25) is 0 Å². The van der Waals surface area contributed by atoms with Gasteiger partial charge in [0.1, 0.15) is 5.82 Å². The van der Waals surface area contributed by atoms with Gasteiger partial charge < -0.3 is 10.1 Å². The number of rotatable bonds is 4. The van der Waals surface area contributed by atoms with Crippen LogP contribution >= 0.6 is 0 Å². The maximum atomic E-state index is 5.94. The summed E-state index contributed by atoms with van der Waals surface area (Å²) in [4.78, 5) is 13.5. The first-order valence-electron chi connectivity index (χ1n) is 8.84. The third-order valence-corrected chi connectivity index (χ3v) is 5.13. The van der Waals surface area contributed by atoms with Gasteiger partial charge >= 0.3 is 0 Å². The summed E-state index contributed by atoms with van der Waals surface area (Å²) in [7, 11) is 0. The quantitative estimate of drug-likeness (QED) is 0.932. The van der Waals surface area contributed by atoms with Crippen LogP contribution in [0.25, 0.3) is 11.4 Å². The highest BCUT2D eigenvalue weighted by Gasteiger charge is 2.36. The summed E-state index contributed by atoms with van der Waals surface area (Å²) in [5.41, 5.74) is 3.14. The van der Waals surface area contributed by atoms with Gasteiger partial charge in [-0.15, -0.1) is 0 Å². The Labute approximate surface area is 142 Å². The largest absolute Gasteiger partial charge is 0.378 e. The normalized spacial score (nSPS) is 23.9. The Balaban J connectivity index is 1.56. The second-order valence-electron chi connectivity index (χ2n) is 6.95. The molecular formula is C19H24N4O. The minimum Gasteiger partial charge on any atom is -0.378 e. The molecule has 5 nitrogen and oxygen atoms in total. The van der Waals surface area contributed by atoms with Crippen LogP contribution in [0.3, 0.4) is 0 Å². The maximum Gasteiger partial charge on any atom is 0.161 e. The molecule has 1 aliphatic carbocycles. The summed E-state index contributed by atoms with van der Waals surface area (Å²) in [5, 5.41) is 3.67. The van der Waals surface area contributed by atoms with E-state index in [9.17, 15) is 0 Å². The van der Waals surface area contributed by atoms with Crippen LogP contribution in [0.2, 0.25) is 0 Å². The molecule has 2 aliphatic rings. The third kappa shape index (κ3) is 3.26. The van der Waals surface area contributed by atoms with Crippen LogP contribution in [0.1, 0.15) is 36.9 Å². The molecule has 0 aromatic carbocycles. The molecule has 0 spiro atoms. The molecule has 126 valence electrons. The number of nitrogens with one attached hydrogen (secondary N) is 1. The van der Waals surface area contributed by atoms with E-state index in [1.807, 2.05) is 19.1 Å². The molecule has 1 N–H and O–H groups in total. The van der Waals surface area contributed by atoms with Gasteiger partial charge in [0.05, 0.1) is 6.10 Å². The van der Waals surface area contributed by atoms with Crippen LogP contribution in [-0.4, -0.2) is 33.7 Å². The highest BCUT2D eigenvalue weighted by Crippen LogP contribution is 2.38. The number of aryl methyl sites for hydroxylation is 1. The van der Waals surface area contributed by atoms with Gasteiger partial charge in [0.15, 0.2) is 5.82 Å². The van der Waals surface area contributed by atoms with Crippen molar-refractivity contribution in [2.45, 2.75) is 51.7 Å². The van der Waals surface area contributed by atoms with Crippen LogP contribution in [0.5, 0.6) is 0 Å². The molecule has 0 bridgehead atoms. The molecule has 1 aliphatic heterocycles. The van der Waals surface area contributed by atoms with E-state index in [1.165, 1.54) is 12.8 Å². The second-order valence-corrected chi connectivity index (χ2v) is 6.95. The number of hydrogen-bond donors (Lipinski definition) is 1. The zero-order valence-electron chi connectivity index (χ0n) is 14.3. The van der Waals surface area contributed by atoms with Crippen molar-refractivity contribution in [3.8, 4) is 11.4 Å². The summed E-state index contributed by atoms with van der Waals surface area (Å²) in [6.45, 7) is 4.98. The average molecular weight is 324 g/mol. The Kier molecular flexibility index (Phi) is 4.19. The number of ether oxygens (including phenoxy) is 1. The van der Waals surface area contributed by atoms with Crippen LogP contribution in [-0.2, 0) is 4.74 Å². The van der Waals surface area contributed by atoms with Crippen molar-refractivity contribution < 1.29 is 4.74 Å². The third-order valence-electron chi connectivity index (χ3n) is 5.13. The van der Waals surface area contributed by atoms with E-state index in [1.54, 1.807) is 12.4 Å². The summed E-state index contributed by atoms with van der Waals surface area (Å²) in [6.07, 6.45) is 8.76. The van der Waals surface area contributed by atoms with Crippen molar-refractivity contribution in [3.05, 3.63) is 35.8 Å². The standard InChI is InChI=1S/C19H24N4O/c1-12-13(2)21-19(15-5-8-20-9-6-15)23-18(12)22-16-7-10-24-17(11-16)14-3-4-14/h5-6,8-9,14,16-17H,3-4,7,10-11H2,1-2H3,(H,21,22,23). The van der Waals surface area contributed by atoms with Crippen molar-refractivity contribution >= 4 is 5.82 Å². The highest BCUT2D eigenvalue weighted by atomic mass is 16.5. The van der Waals surface area contributed by atoms with Gasteiger partial charge in [-0.25, -0.2) is 9.97 Å². The molecule has 2 unspecified atom stereocenters. The van der Waals surface area contributed by atoms with Crippen LogP contribution in [0, 0.1) is 19.8 Å². The number of hydrogen-bond acceptors (Lipinski definition) is 5. The zero-order chi connectivity index (χ0) is 16.5. The summed E-state index contributed by atoms with van der Waals surface area (Å²) >= 11 is 0. The molecule has 2 aromatic heterocycles. The zero-order valence-corrected chi connectivity index (χ0v) is 14.3. The molecule has 2 atom stereocenters. The van der Waals surface area contributed by atoms with Gasteiger partial charge in [-0.05, 0) is 57.6 Å². The number of pyridine rings is 1. The summed E-state index contributed by atoms with van der Waals surface area (Å²) < 4.78 is 5.94. The first-order chi connectivity index (χ1) is 11.7. The van der Waals surface area contributed by atoms with E-state index < -0.39 is 0 Å².